The van der Waals surface area contributed by atoms with E-state index in [1.807, 2.05) is 62.5 Å². The molecule has 0 unspecified atom stereocenters. The number of benzene rings is 1. The van der Waals surface area contributed by atoms with Crippen LogP contribution in [0, 0.1) is 5.41 Å². The lowest BCUT2D eigenvalue weighted by Gasteiger charge is -2.32. The molecule has 0 radical (unpaired) electrons. The maximum atomic E-state index is 13.5. The summed E-state index contributed by atoms with van der Waals surface area (Å²) in [5.41, 5.74) is 0.889. The number of para-hydroxylation sites is 1. The first-order valence-electron chi connectivity index (χ1n) is 9.85. The van der Waals surface area contributed by atoms with Crippen LogP contribution in [0.25, 0.3) is 10.9 Å². The van der Waals surface area contributed by atoms with Crippen molar-refractivity contribution in [1.82, 2.24) is 9.88 Å². The van der Waals surface area contributed by atoms with E-state index in [0.717, 1.165) is 22.2 Å². The van der Waals surface area contributed by atoms with Gasteiger partial charge in [0.15, 0.2) is 0 Å². The number of anilines is 1. The number of nitrogens with zero attached hydrogens (tertiary/aromatic N) is 2. The van der Waals surface area contributed by atoms with Gasteiger partial charge in [-0.05, 0) is 30.0 Å². The van der Waals surface area contributed by atoms with E-state index in [-0.39, 0.29) is 17.7 Å². The minimum absolute atomic E-state index is 0.00392. The fourth-order valence-electron chi connectivity index (χ4n) is 3.99. The SMILES string of the molecule is CC(C)(C)C(=O)N1CC[C@@H](c2cccs2)[C@H]1C(=O)Nc1cccc2cccnc12. The van der Waals surface area contributed by atoms with Gasteiger partial charge in [-0.3, -0.25) is 14.6 Å². The van der Waals surface area contributed by atoms with E-state index in [0.29, 0.717) is 12.2 Å². The van der Waals surface area contributed by atoms with Crippen molar-refractivity contribution >= 4 is 39.7 Å². The molecule has 29 heavy (non-hydrogen) atoms. The number of amides is 2. The summed E-state index contributed by atoms with van der Waals surface area (Å²) < 4.78 is 0. The summed E-state index contributed by atoms with van der Waals surface area (Å²) >= 11 is 1.64. The Morgan fingerprint density at radius 1 is 1.14 bits per heavy atom. The van der Waals surface area contributed by atoms with Crippen molar-refractivity contribution in [2.24, 2.45) is 5.41 Å². The second-order valence-electron chi connectivity index (χ2n) is 8.47. The Morgan fingerprint density at radius 3 is 2.66 bits per heavy atom. The van der Waals surface area contributed by atoms with Crippen molar-refractivity contribution in [3.05, 3.63) is 58.9 Å². The molecule has 0 bridgehead atoms. The number of aromatic nitrogens is 1. The van der Waals surface area contributed by atoms with Crippen LogP contribution in [0.15, 0.2) is 54.0 Å². The van der Waals surface area contributed by atoms with Gasteiger partial charge in [-0.15, -0.1) is 11.3 Å². The van der Waals surface area contributed by atoms with Crippen molar-refractivity contribution in [3.8, 4) is 0 Å². The molecule has 4 rings (SSSR count). The van der Waals surface area contributed by atoms with Crippen LogP contribution in [-0.4, -0.2) is 34.3 Å². The van der Waals surface area contributed by atoms with Gasteiger partial charge in [0.05, 0.1) is 11.2 Å². The Bertz CT molecular complexity index is 1030. The summed E-state index contributed by atoms with van der Waals surface area (Å²) in [6, 6.07) is 13.1. The maximum Gasteiger partial charge on any atom is 0.247 e. The van der Waals surface area contributed by atoms with Crippen LogP contribution in [0.3, 0.4) is 0 Å². The van der Waals surface area contributed by atoms with Gasteiger partial charge < -0.3 is 10.2 Å². The van der Waals surface area contributed by atoms with Gasteiger partial charge >= 0.3 is 0 Å². The molecule has 6 heteroatoms. The maximum absolute atomic E-state index is 13.5. The highest BCUT2D eigenvalue weighted by Crippen LogP contribution is 2.38. The lowest BCUT2D eigenvalue weighted by Crippen LogP contribution is -2.49. The third kappa shape index (κ3) is 3.77. The average Bonchev–Trinajstić information content (AvgIpc) is 3.36. The molecule has 2 atom stereocenters. The molecule has 2 aromatic heterocycles. The van der Waals surface area contributed by atoms with Crippen LogP contribution in [0.5, 0.6) is 0 Å². The number of pyridine rings is 1. The van der Waals surface area contributed by atoms with Crippen molar-refractivity contribution in [2.75, 3.05) is 11.9 Å². The lowest BCUT2D eigenvalue weighted by molar-refractivity contribution is -0.143. The first kappa shape index (κ1) is 19.6. The van der Waals surface area contributed by atoms with Crippen molar-refractivity contribution in [2.45, 2.75) is 39.2 Å². The number of carbonyl (C=O) groups is 2. The van der Waals surface area contributed by atoms with Crippen LogP contribution >= 0.6 is 11.3 Å². The molecule has 5 nitrogen and oxygen atoms in total. The largest absolute Gasteiger partial charge is 0.330 e. The van der Waals surface area contributed by atoms with Crippen LogP contribution in [0.1, 0.15) is 38.0 Å². The molecule has 0 spiro atoms. The van der Waals surface area contributed by atoms with Crippen molar-refractivity contribution < 1.29 is 9.59 Å². The topological polar surface area (TPSA) is 62.3 Å². The molecule has 1 aromatic carbocycles. The van der Waals surface area contributed by atoms with Crippen LogP contribution < -0.4 is 5.32 Å². The molecule has 1 aliphatic heterocycles. The van der Waals surface area contributed by atoms with Gasteiger partial charge in [0.2, 0.25) is 11.8 Å². The van der Waals surface area contributed by atoms with Crippen molar-refractivity contribution in [3.63, 3.8) is 0 Å². The molecule has 0 aliphatic carbocycles. The van der Waals surface area contributed by atoms with Crippen LogP contribution in [-0.2, 0) is 9.59 Å². The number of fused-ring (bicyclic) bond motifs is 1. The van der Waals surface area contributed by atoms with Gasteiger partial charge in [-0.1, -0.05) is 45.0 Å². The fraction of sp³-hybridized carbons (Fsp3) is 0.348. The van der Waals surface area contributed by atoms with E-state index in [4.69, 9.17) is 0 Å². The number of rotatable bonds is 3. The molecule has 0 saturated carbocycles. The fourth-order valence-corrected chi connectivity index (χ4v) is 4.88. The number of likely N-dealkylation sites (tertiary alicyclic amines) is 1. The molecule has 3 aromatic rings. The molecule has 1 aliphatic rings. The summed E-state index contributed by atoms with van der Waals surface area (Å²) in [6.45, 7) is 6.29. The summed E-state index contributed by atoms with van der Waals surface area (Å²) in [6.07, 6.45) is 2.51. The highest BCUT2D eigenvalue weighted by molar-refractivity contribution is 7.10. The third-order valence-corrected chi connectivity index (χ3v) is 6.37. The van der Waals surface area contributed by atoms with Crippen LogP contribution in [0.2, 0.25) is 0 Å². The quantitative estimate of drug-likeness (QED) is 0.686. The Labute approximate surface area is 174 Å². The van der Waals surface area contributed by atoms with Crippen molar-refractivity contribution in [1.29, 1.82) is 0 Å². The highest BCUT2D eigenvalue weighted by atomic mass is 32.1. The van der Waals surface area contributed by atoms with Gasteiger partial charge in [0.25, 0.3) is 0 Å². The van der Waals surface area contributed by atoms with Gasteiger partial charge in [-0.25, -0.2) is 0 Å². The van der Waals surface area contributed by atoms with Gasteiger partial charge in [-0.2, -0.15) is 0 Å². The zero-order valence-electron chi connectivity index (χ0n) is 16.9. The third-order valence-electron chi connectivity index (χ3n) is 5.37. The standard InChI is InChI=1S/C23H25N3O2S/c1-23(2,3)22(28)26-13-11-16(18-10-6-14-29-18)20(26)21(27)25-17-9-4-7-15-8-5-12-24-19(15)17/h4-10,12,14,16,20H,11,13H2,1-3H3,(H,25,27)/t16-,20-/m0/s1. The minimum Gasteiger partial charge on any atom is -0.330 e. The average molecular weight is 408 g/mol. The predicted molar refractivity (Wildman–Crippen MR) is 117 cm³/mol. The monoisotopic (exact) mass is 407 g/mol. The first-order valence-corrected chi connectivity index (χ1v) is 10.7. The zero-order chi connectivity index (χ0) is 20.6. The van der Waals surface area contributed by atoms with E-state index in [2.05, 4.69) is 16.4 Å². The van der Waals surface area contributed by atoms with E-state index in [9.17, 15) is 9.59 Å². The summed E-state index contributed by atoms with van der Waals surface area (Å²) in [7, 11) is 0. The van der Waals surface area contributed by atoms with E-state index in [1.54, 1.807) is 22.4 Å². The molecule has 1 N–H and O–H groups in total. The molecule has 150 valence electrons. The van der Waals surface area contributed by atoms with Crippen LogP contribution in [0.4, 0.5) is 5.69 Å². The number of hydrogen-bond acceptors (Lipinski definition) is 4. The number of hydrogen-bond donors (Lipinski definition) is 1. The van der Waals surface area contributed by atoms with Gasteiger partial charge in [0.1, 0.15) is 6.04 Å². The minimum atomic E-state index is -0.538. The summed E-state index contributed by atoms with van der Waals surface area (Å²) in [5.74, 6) is -0.145. The second-order valence-corrected chi connectivity index (χ2v) is 9.45. The number of thiophene rings is 1. The second kappa shape index (κ2) is 7.59. The van der Waals surface area contributed by atoms with E-state index < -0.39 is 11.5 Å². The molecule has 2 amide bonds. The Balaban J connectivity index is 1.68. The molecule has 1 fully saturated rings. The number of nitrogens with one attached hydrogen (secondary N) is 1. The summed E-state index contributed by atoms with van der Waals surface area (Å²) in [4.78, 5) is 33.9. The Hall–Kier alpha value is -2.73. The molecule has 3 heterocycles. The molecule has 1 saturated heterocycles. The predicted octanol–water partition coefficient (Wildman–Crippen LogP) is 4.67. The highest BCUT2D eigenvalue weighted by Gasteiger charge is 2.45. The van der Waals surface area contributed by atoms with E-state index in [1.165, 1.54) is 0 Å². The van der Waals surface area contributed by atoms with E-state index >= 15 is 0 Å². The molecular formula is C23H25N3O2S. The lowest BCUT2D eigenvalue weighted by atomic mass is 9.92. The Kier molecular flexibility index (Phi) is 5.13. The number of carbonyl (C=O) groups excluding carboxylic acids is 2. The zero-order valence-corrected chi connectivity index (χ0v) is 17.7. The Morgan fingerprint density at radius 2 is 1.93 bits per heavy atom. The summed E-state index contributed by atoms with van der Waals surface area (Å²) in [5, 5.41) is 6.05. The smallest absolute Gasteiger partial charge is 0.247 e. The van der Waals surface area contributed by atoms with Gasteiger partial charge in [0, 0.05) is 34.3 Å². The normalized spacial score (nSPS) is 19.5. The first-order chi connectivity index (χ1) is 13.9. The molecular weight excluding hydrogens is 382 g/mol.